The van der Waals surface area contributed by atoms with E-state index in [-0.39, 0.29) is 5.91 Å². The third-order valence-electron chi connectivity index (χ3n) is 4.48. The highest BCUT2D eigenvalue weighted by atomic mass is 32.1. The Bertz CT molecular complexity index is 774. The number of hydrogen-bond donors (Lipinski definition) is 1. The zero-order valence-corrected chi connectivity index (χ0v) is 16.4. The Balaban J connectivity index is 1.53. The van der Waals surface area contributed by atoms with Gasteiger partial charge in [0.2, 0.25) is 0 Å². The van der Waals surface area contributed by atoms with Gasteiger partial charge in [-0.25, -0.2) is 0 Å². The van der Waals surface area contributed by atoms with E-state index in [0.29, 0.717) is 23.0 Å². The molecule has 0 aromatic heterocycles. The SMILES string of the molecule is CCCOc1cccc(C(=O)NC(=S)N2CCN(c3ccccc3)CC2)c1. The molecular weight excluding hydrogens is 358 g/mol. The average Bonchev–Trinajstić information content (AvgIpc) is 2.73. The third-order valence-corrected chi connectivity index (χ3v) is 4.84. The monoisotopic (exact) mass is 383 g/mol. The van der Waals surface area contributed by atoms with Crippen molar-refractivity contribution < 1.29 is 9.53 Å². The van der Waals surface area contributed by atoms with Crippen molar-refractivity contribution in [2.24, 2.45) is 0 Å². The molecular formula is C21H25N3O2S. The number of anilines is 1. The van der Waals surface area contributed by atoms with Crippen LogP contribution in [0.4, 0.5) is 5.69 Å². The molecule has 1 amide bonds. The zero-order chi connectivity index (χ0) is 19.1. The molecule has 142 valence electrons. The summed E-state index contributed by atoms with van der Waals surface area (Å²) in [7, 11) is 0. The molecule has 0 radical (unpaired) electrons. The van der Waals surface area contributed by atoms with Crippen LogP contribution >= 0.6 is 12.2 Å². The van der Waals surface area contributed by atoms with Crippen LogP contribution in [0, 0.1) is 0 Å². The molecule has 3 rings (SSSR count). The lowest BCUT2D eigenvalue weighted by Crippen LogP contribution is -2.52. The number of carbonyl (C=O) groups excluding carboxylic acids is 1. The number of benzene rings is 2. The van der Waals surface area contributed by atoms with Crippen LogP contribution < -0.4 is 15.0 Å². The summed E-state index contributed by atoms with van der Waals surface area (Å²) < 4.78 is 5.59. The van der Waals surface area contributed by atoms with E-state index in [1.54, 1.807) is 12.1 Å². The van der Waals surface area contributed by atoms with E-state index in [1.165, 1.54) is 5.69 Å². The number of nitrogens with one attached hydrogen (secondary N) is 1. The number of carbonyl (C=O) groups is 1. The van der Waals surface area contributed by atoms with Crippen LogP contribution in [0.1, 0.15) is 23.7 Å². The molecule has 0 unspecified atom stereocenters. The molecule has 1 saturated heterocycles. The Morgan fingerprint density at radius 3 is 2.52 bits per heavy atom. The van der Waals surface area contributed by atoms with Crippen molar-refractivity contribution in [2.45, 2.75) is 13.3 Å². The van der Waals surface area contributed by atoms with Crippen LogP contribution in [0.15, 0.2) is 54.6 Å². The van der Waals surface area contributed by atoms with Crippen molar-refractivity contribution in [1.29, 1.82) is 0 Å². The highest BCUT2D eigenvalue weighted by Crippen LogP contribution is 2.16. The smallest absolute Gasteiger partial charge is 0.257 e. The number of piperazine rings is 1. The summed E-state index contributed by atoms with van der Waals surface area (Å²) in [5.74, 6) is 0.499. The average molecular weight is 384 g/mol. The lowest BCUT2D eigenvalue weighted by atomic mass is 10.2. The summed E-state index contributed by atoms with van der Waals surface area (Å²) in [6.07, 6.45) is 0.926. The fourth-order valence-electron chi connectivity index (χ4n) is 3.00. The van der Waals surface area contributed by atoms with Crippen molar-refractivity contribution in [3.8, 4) is 5.75 Å². The van der Waals surface area contributed by atoms with Gasteiger partial charge in [-0.3, -0.25) is 10.1 Å². The topological polar surface area (TPSA) is 44.8 Å². The number of ether oxygens (including phenoxy) is 1. The first kappa shape index (κ1) is 19.2. The molecule has 1 heterocycles. The van der Waals surface area contributed by atoms with Gasteiger partial charge in [-0.1, -0.05) is 31.2 Å². The second-order valence-corrected chi connectivity index (χ2v) is 6.83. The van der Waals surface area contributed by atoms with Gasteiger partial charge in [0.25, 0.3) is 5.91 Å². The normalized spacial score (nSPS) is 14.0. The minimum Gasteiger partial charge on any atom is -0.494 e. The van der Waals surface area contributed by atoms with E-state index in [0.717, 1.165) is 32.6 Å². The van der Waals surface area contributed by atoms with Gasteiger partial charge in [0.1, 0.15) is 5.75 Å². The quantitative estimate of drug-likeness (QED) is 0.803. The summed E-state index contributed by atoms with van der Waals surface area (Å²) >= 11 is 5.45. The van der Waals surface area contributed by atoms with E-state index < -0.39 is 0 Å². The molecule has 5 nitrogen and oxygen atoms in total. The van der Waals surface area contributed by atoms with Crippen LogP contribution in [0.5, 0.6) is 5.75 Å². The van der Waals surface area contributed by atoms with Crippen LogP contribution in [0.25, 0.3) is 0 Å². The van der Waals surface area contributed by atoms with Crippen LogP contribution in [0.3, 0.4) is 0 Å². The van der Waals surface area contributed by atoms with Gasteiger partial charge in [-0.2, -0.15) is 0 Å². The Labute approximate surface area is 165 Å². The van der Waals surface area contributed by atoms with Gasteiger partial charge in [0.05, 0.1) is 6.61 Å². The third kappa shape index (κ3) is 5.20. The number of para-hydroxylation sites is 1. The Hall–Kier alpha value is -2.60. The molecule has 2 aromatic rings. The lowest BCUT2D eigenvalue weighted by molar-refractivity contribution is 0.0972. The number of rotatable bonds is 5. The number of amides is 1. The van der Waals surface area contributed by atoms with Gasteiger partial charge in [0.15, 0.2) is 5.11 Å². The summed E-state index contributed by atoms with van der Waals surface area (Å²) in [5, 5.41) is 3.33. The second-order valence-electron chi connectivity index (χ2n) is 6.45. The molecule has 0 bridgehead atoms. The first-order chi connectivity index (χ1) is 13.2. The van der Waals surface area contributed by atoms with Gasteiger partial charge in [-0.15, -0.1) is 0 Å². The van der Waals surface area contributed by atoms with E-state index in [1.807, 2.05) is 42.2 Å². The molecule has 0 saturated carbocycles. The molecule has 1 N–H and O–H groups in total. The van der Waals surface area contributed by atoms with Crippen molar-refractivity contribution in [2.75, 3.05) is 37.7 Å². The van der Waals surface area contributed by atoms with Gasteiger partial charge in [0, 0.05) is 37.4 Å². The van der Waals surface area contributed by atoms with E-state index >= 15 is 0 Å². The number of hydrogen-bond acceptors (Lipinski definition) is 4. The molecule has 1 aliphatic heterocycles. The molecule has 0 aliphatic carbocycles. The first-order valence-corrected chi connectivity index (χ1v) is 9.71. The van der Waals surface area contributed by atoms with Crippen molar-refractivity contribution >= 4 is 28.9 Å². The van der Waals surface area contributed by atoms with Crippen molar-refractivity contribution in [1.82, 2.24) is 10.2 Å². The predicted molar refractivity (Wildman–Crippen MR) is 113 cm³/mol. The standard InChI is InChI=1S/C21H25N3O2S/c1-2-15-26-19-10-6-7-17(16-19)20(25)22-21(27)24-13-11-23(12-14-24)18-8-4-3-5-9-18/h3-10,16H,2,11-15H2,1H3,(H,22,25,27). The van der Waals surface area contributed by atoms with Crippen LogP contribution in [-0.2, 0) is 0 Å². The molecule has 27 heavy (non-hydrogen) atoms. The fraction of sp³-hybridized carbons (Fsp3) is 0.333. The molecule has 2 aromatic carbocycles. The second kappa shape index (κ2) is 9.37. The maximum absolute atomic E-state index is 12.5. The Morgan fingerprint density at radius 1 is 1.07 bits per heavy atom. The van der Waals surface area contributed by atoms with E-state index in [4.69, 9.17) is 17.0 Å². The molecule has 1 fully saturated rings. The van der Waals surface area contributed by atoms with E-state index in [2.05, 4.69) is 22.3 Å². The van der Waals surface area contributed by atoms with Gasteiger partial charge >= 0.3 is 0 Å². The van der Waals surface area contributed by atoms with E-state index in [9.17, 15) is 4.79 Å². The summed E-state index contributed by atoms with van der Waals surface area (Å²) in [4.78, 5) is 16.9. The number of thiocarbonyl (C=S) groups is 1. The molecule has 1 aliphatic rings. The largest absolute Gasteiger partial charge is 0.494 e. The minimum absolute atomic E-state index is 0.201. The Morgan fingerprint density at radius 2 is 1.81 bits per heavy atom. The lowest BCUT2D eigenvalue weighted by Gasteiger charge is -2.37. The minimum atomic E-state index is -0.201. The number of nitrogens with zero attached hydrogens (tertiary/aromatic N) is 2. The summed E-state index contributed by atoms with van der Waals surface area (Å²) in [6, 6.07) is 17.5. The summed E-state index contributed by atoms with van der Waals surface area (Å²) in [5.41, 5.74) is 1.77. The molecule has 0 atom stereocenters. The van der Waals surface area contributed by atoms with Crippen LogP contribution in [0.2, 0.25) is 0 Å². The highest BCUT2D eigenvalue weighted by molar-refractivity contribution is 7.80. The summed E-state index contributed by atoms with van der Waals surface area (Å²) in [6.45, 7) is 6.00. The maximum atomic E-state index is 12.5. The fourth-order valence-corrected chi connectivity index (χ4v) is 3.28. The Kier molecular flexibility index (Phi) is 6.65. The van der Waals surface area contributed by atoms with Gasteiger partial charge < -0.3 is 14.5 Å². The predicted octanol–water partition coefficient (Wildman–Crippen LogP) is 3.31. The highest BCUT2D eigenvalue weighted by Gasteiger charge is 2.20. The maximum Gasteiger partial charge on any atom is 0.257 e. The van der Waals surface area contributed by atoms with Gasteiger partial charge in [-0.05, 0) is 49.0 Å². The van der Waals surface area contributed by atoms with Crippen LogP contribution in [-0.4, -0.2) is 48.7 Å². The first-order valence-electron chi connectivity index (χ1n) is 9.30. The zero-order valence-electron chi connectivity index (χ0n) is 15.6. The molecule has 6 heteroatoms. The van der Waals surface area contributed by atoms with Crippen molar-refractivity contribution in [3.05, 3.63) is 60.2 Å². The van der Waals surface area contributed by atoms with Crippen molar-refractivity contribution in [3.63, 3.8) is 0 Å². The molecule has 0 spiro atoms.